The highest BCUT2D eigenvalue weighted by atomic mass is 32.2. The molecule has 0 radical (unpaired) electrons. The Morgan fingerprint density at radius 3 is 1.33 bits per heavy atom. The third-order valence-corrected chi connectivity index (χ3v) is 9.94. The van der Waals surface area contributed by atoms with Crippen molar-refractivity contribution in [2.45, 2.75) is 208 Å². The second-order valence-corrected chi connectivity index (χ2v) is 22.8. The van der Waals surface area contributed by atoms with Gasteiger partial charge in [-0.05, 0) is 78.0 Å². The molecule has 0 amide bonds. The highest BCUT2D eigenvalue weighted by molar-refractivity contribution is 7.87. The molecule has 0 fully saturated rings. The summed E-state index contributed by atoms with van der Waals surface area (Å²) in [6.45, 7) is 35.7. The highest BCUT2D eigenvalue weighted by Crippen LogP contribution is 2.49. The Bertz CT molecular complexity index is 1800. The molecule has 23 heteroatoms. The molecule has 0 unspecified atom stereocenters. The number of tetrazole rings is 3. The first-order valence-electron chi connectivity index (χ1n) is 17.9. The lowest BCUT2D eigenvalue weighted by Gasteiger charge is -2.18. The first-order chi connectivity index (χ1) is 25.1. The highest BCUT2D eigenvalue weighted by Gasteiger charge is 2.32. The Balaban J connectivity index is -0.000000115. The summed E-state index contributed by atoms with van der Waals surface area (Å²) in [6.07, 6.45) is 0. The molecule has 0 spiro atoms. The Labute approximate surface area is 367 Å². The van der Waals surface area contributed by atoms with E-state index in [9.17, 15) is 27.4 Å². The lowest BCUT2D eigenvalue weighted by molar-refractivity contribution is -0.124. The zero-order valence-corrected chi connectivity index (χ0v) is 39.3. The minimum Gasteiger partial charge on any atom is -0.324 e. The molecule has 0 aliphatic carbocycles. The molecule has 0 bridgehead atoms. The SMILES string of the molecule is C.C.C.C.CC(=O)C(C)(C)C.CC(=O)Cn1nnc(C(C)(C)C)n1.CC(=O)Cn1nnnc1C(C)(C)C.CC(C)(C)P(=O)(O)O.CC(C)(C)S(=O)(=O)O.CC(C)c1nn[nH]n1. The third kappa shape index (κ3) is 33.6. The number of aromatic nitrogens is 12. The van der Waals surface area contributed by atoms with Gasteiger partial charge in [-0.15, -0.1) is 25.5 Å². The van der Waals surface area contributed by atoms with Gasteiger partial charge >= 0.3 is 7.60 Å². The molecule has 61 heavy (non-hydrogen) atoms. The van der Waals surface area contributed by atoms with E-state index >= 15 is 0 Å². The van der Waals surface area contributed by atoms with Crippen LogP contribution in [0.25, 0.3) is 0 Å². The average Bonchev–Trinajstić information content (AvgIpc) is 3.74. The van der Waals surface area contributed by atoms with Crippen LogP contribution in [0.2, 0.25) is 0 Å². The van der Waals surface area contributed by atoms with Crippen LogP contribution in [0, 0.1) is 5.41 Å². The molecule has 0 atom stereocenters. The van der Waals surface area contributed by atoms with Gasteiger partial charge < -0.3 is 9.79 Å². The number of nitrogens with zero attached hydrogens (tertiary/aromatic N) is 11. The monoisotopic (exact) mass is 917 g/mol. The summed E-state index contributed by atoms with van der Waals surface area (Å²) in [7, 11) is -7.69. The molecule has 0 saturated carbocycles. The van der Waals surface area contributed by atoms with Crippen molar-refractivity contribution in [2.24, 2.45) is 5.41 Å². The fourth-order valence-electron chi connectivity index (χ4n) is 2.28. The van der Waals surface area contributed by atoms with Crippen LogP contribution in [0.1, 0.15) is 192 Å². The van der Waals surface area contributed by atoms with Crippen LogP contribution in [0.15, 0.2) is 0 Å². The first kappa shape index (κ1) is 71.8. The van der Waals surface area contributed by atoms with Crippen LogP contribution < -0.4 is 0 Å². The van der Waals surface area contributed by atoms with Gasteiger partial charge in [0.05, 0.1) is 9.90 Å². The summed E-state index contributed by atoms with van der Waals surface area (Å²) in [6, 6.07) is 0. The summed E-state index contributed by atoms with van der Waals surface area (Å²) >= 11 is 0. The summed E-state index contributed by atoms with van der Waals surface area (Å²) in [5.41, 5.74) is -0.381. The number of Topliss-reactive ketones (excluding diaryl/α,β-unsaturated/α-hetero) is 3. The zero-order chi connectivity index (χ0) is 46.2. The van der Waals surface area contributed by atoms with Gasteiger partial charge in [0.2, 0.25) is 0 Å². The molecule has 21 nitrogen and oxygen atoms in total. The molecule has 3 aromatic heterocycles. The van der Waals surface area contributed by atoms with Gasteiger partial charge in [-0.3, -0.25) is 23.5 Å². The summed E-state index contributed by atoms with van der Waals surface area (Å²) in [5.74, 6) is 2.86. The van der Waals surface area contributed by atoms with Gasteiger partial charge in [-0.1, -0.05) is 111 Å². The number of ketones is 3. The minimum atomic E-state index is -3.85. The molecule has 0 saturated heterocycles. The smallest absolute Gasteiger partial charge is 0.324 e. The maximum Gasteiger partial charge on any atom is 0.330 e. The molecule has 3 aromatic rings. The molecular weight excluding hydrogens is 832 g/mol. The summed E-state index contributed by atoms with van der Waals surface area (Å²) in [4.78, 5) is 50.3. The molecular formula is C38H85N12O9PS. The maximum atomic E-state index is 10.9. The van der Waals surface area contributed by atoms with Crippen LogP contribution in [0.3, 0.4) is 0 Å². The van der Waals surface area contributed by atoms with Crippen molar-refractivity contribution >= 4 is 35.1 Å². The third-order valence-electron chi connectivity index (χ3n) is 6.64. The predicted octanol–water partition coefficient (Wildman–Crippen LogP) is 7.24. The zero-order valence-electron chi connectivity index (χ0n) is 37.6. The van der Waals surface area contributed by atoms with E-state index in [1.165, 1.54) is 60.2 Å². The van der Waals surface area contributed by atoms with Crippen molar-refractivity contribution in [3.05, 3.63) is 17.5 Å². The molecule has 3 rings (SSSR count). The summed E-state index contributed by atoms with van der Waals surface area (Å²) in [5, 5.41) is 35.4. The van der Waals surface area contributed by atoms with E-state index in [-0.39, 0.29) is 76.4 Å². The van der Waals surface area contributed by atoms with Gasteiger partial charge in [0.25, 0.3) is 10.1 Å². The average molecular weight is 917 g/mol. The lowest BCUT2D eigenvalue weighted by atomic mass is 9.92. The van der Waals surface area contributed by atoms with Gasteiger partial charge in [0, 0.05) is 22.2 Å². The predicted molar refractivity (Wildman–Crippen MR) is 243 cm³/mol. The number of aromatic amines is 1. The molecule has 362 valence electrons. The minimum absolute atomic E-state index is 0. The summed E-state index contributed by atoms with van der Waals surface area (Å²) < 4.78 is 39.6. The number of rotatable bonds is 5. The van der Waals surface area contributed by atoms with Crippen LogP contribution in [-0.4, -0.2) is 111 Å². The number of hydrogen-bond donors (Lipinski definition) is 4. The van der Waals surface area contributed by atoms with E-state index in [2.05, 4.69) is 51.6 Å². The number of H-pyrrole nitrogens is 1. The van der Waals surface area contributed by atoms with Crippen LogP contribution in [0.4, 0.5) is 0 Å². The second kappa shape index (κ2) is 28.8. The fourth-order valence-corrected chi connectivity index (χ4v) is 2.28. The van der Waals surface area contributed by atoms with E-state index in [0.29, 0.717) is 11.7 Å². The fraction of sp³-hybridized carbons (Fsp3) is 0.842. The van der Waals surface area contributed by atoms with Crippen molar-refractivity contribution in [1.29, 1.82) is 0 Å². The molecule has 3 heterocycles. The number of nitrogens with one attached hydrogen (secondary N) is 1. The lowest BCUT2D eigenvalue weighted by Crippen LogP contribution is -2.26. The van der Waals surface area contributed by atoms with Crippen LogP contribution >= 0.6 is 7.60 Å². The van der Waals surface area contributed by atoms with Gasteiger partial charge in [0.15, 0.2) is 29.0 Å². The molecule has 0 aliphatic rings. The van der Waals surface area contributed by atoms with Gasteiger partial charge in [-0.2, -0.15) is 18.4 Å². The molecule has 4 N–H and O–H groups in total. The Morgan fingerprint density at radius 1 is 0.721 bits per heavy atom. The van der Waals surface area contributed by atoms with Crippen molar-refractivity contribution < 1.29 is 41.7 Å². The second-order valence-electron chi connectivity index (χ2n) is 18.2. The Hall–Kier alpha value is -3.72. The van der Waals surface area contributed by atoms with Crippen LogP contribution in [0.5, 0.6) is 0 Å². The Kier molecular flexibility index (Phi) is 33.9. The standard InChI is InChI=1S/2C8H14N4O.C6H12O.C4H8N4.C4H11O3P.C4H10O3S.4CH4/c1-6(13)5-12-7(8(2,3)4)9-10-11-12;1-6(13)5-12-10-7(9-11-12)8(2,3)4;1-5(7)6(2,3)4;1-3(2)4-5-7-8-6-4;2*1-4(2,3)8(5,6)7;;;;/h2*5H2,1-4H3;1-4H3;3H,1-2H3,(H,5,6,7,8);1-3H3,(H2,5,6,7);1-3H3,(H,5,6,7);4*1H4. The topological polar surface area (TPSA) is 305 Å². The quantitative estimate of drug-likeness (QED) is 0.145. The normalized spacial score (nSPS) is 11.3. The van der Waals surface area contributed by atoms with E-state index in [1.54, 1.807) is 11.6 Å². The van der Waals surface area contributed by atoms with E-state index in [4.69, 9.17) is 14.3 Å². The van der Waals surface area contributed by atoms with E-state index in [1.807, 2.05) is 76.2 Å². The van der Waals surface area contributed by atoms with Crippen molar-refractivity contribution in [3.63, 3.8) is 0 Å². The Morgan fingerprint density at radius 2 is 1.11 bits per heavy atom. The van der Waals surface area contributed by atoms with Crippen LogP contribution in [-0.2, 0) is 53.0 Å². The first-order valence-corrected chi connectivity index (χ1v) is 20.9. The van der Waals surface area contributed by atoms with Crippen molar-refractivity contribution in [3.8, 4) is 0 Å². The van der Waals surface area contributed by atoms with E-state index < -0.39 is 27.6 Å². The molecule has 0 aromatic carbocycles. The maximum absolute atomic E-state index is 10.9. The van der Waals surface area contributed by atoms with E-state index in [0.717, 1.165) is 11.6 Å². The number of carbonyl (C=O) groups is 3. The largest absolute Gasteiger partial charge is 0.330 e. The number of carbonyl (C=O) groups excluding carboxylic acids is 3. The van der Waals surface area contributed by atoms with Crippen molar-refractivity contribution in [2.75, 3.05) is 0 Å². The number of hydrogen-bond acceptors (Lipinski definition) is 15. The molecule has 0 aliphatic heterocycles. The van der Waals surface area contributed by atoms with Crippen molar-refractivity contribution in [1.82, 2.24) is 61.0 Å². The van der Waals surface area contributed by atoms with Gasteiger partial charge in [-0.25, -0.2) is 4.68 Å². The van der Waals surface area contributed by atoms with Gasteiger partial charge in [0.1, 0.15) is 18.9 Å².